The van der Waals surface area contributed by atoms with E-state index in [2.05, 4.69) is 10.6 Å². The Balaban J connectivity index is 1.43. The van der Waals surface area contributed by atoms with E-state index in [9.17, 15) is 18.8 Å². The number of carbonyl (C=O) groups is 3. The van der Waals surface area contributed by atoms with Gasteiger partial charge in [-0.25, -0.2) is 14.1 Å². The summed E-state index contributed by atoms with van der Waals surface area (Å²) in [6.45, 7) is 1.51. The van der Waals surface area contributed by atoms with Crippen LogP contribution in [0.1, 0.15) is 16.7 Å². The topological polar surface area (TPSA) is 97.0 Å². The second-order valence-corrected chi connectivity index (χ2v) is 8.08. The molecule has 1 heterocycles. The van der Waals surface area contributed by atoms with Crippen molar-refractivity contribution in [1.82, 2.24) is 10.2 Å². The van der Waals surface area contributed by atoms with Gasteiger partial charge in [0, 0.05) is 11.3 Å². The minimum atomic E-state index is -0.692. The van der Waals surface area contributed by atoms with Crippen molar-refractivity contribution in [3.05, 3.63) is 94.9 Å². The molecular formula is C27H24FN3O5. The van der Waals surface area contributed by atoms with E-state index in [1.807, 2.05) is 19.1 Å². The van der Waals surface area contributed by atoms with Crippen molar-refractivity contribution in [2.24, 2.45) is 0 Å². The van der Waals surface area contributed by atoms with Crippen molar-refractivity contribution >= 4 is 29.6 Å². The maximum atomic E-state index is 13.9. The molecule has 0 spiro atoms. The molecule has 4 amide bonds. The molecule has 8 nitrogen and oxygen atoms in total. The zero-order chi connectivity index (χ0) is 25.7. The Labute approximate surface area is 207 Å². The van der Waals surface area contributed by atoms with Gasteiger partial charge in [-0.2, -0.15) is 0 Å². The quantitative estimate of drug-likeness (QED) is 0.364. The standard InChI is InChI=1S/C27H24FN3O5/c1-17-7-10-20(11-8-17)29-25(32)15-31-26(33)22(30-27(31)34)13-18-9-12-23(24(14-18)35-2)36-16-19-5-3-4-6-21(19)28/h3-14H,15-16H2,1-2H3,(H,29,32)(H,30,34)/b22-13+. The van der Waals surface area contributed by atoms with Crippen LogP contribution < -0.4 is 20.1 Å². The molecule has 1 aliphatic heterocycles. The fourth-order valence-corrected chi connectivity index (χ4v) is 3.53. The predicted octanol–water partition coefficient (Wildman–Crippen LogP) is 4.25. The van der Waals surface area contributed by atoms with Crippen molar-refractivity contribution < 1.29 is 28.2 Å². The molecule has 0 aliphatic carbocycles. The SMILES string of the molecule is COc1cc(/C=C2/NC(=O)N(CC(=O)Nc3ccc(C)cc3)C2=O)ccc1OCc1ccccc1F. The summed E-state index contributed by atoms with van der Waals surface area (Å²) in [4.78, 5) is 38.3. The first-order valence-corrected chi connectivity index (χ1v) is 11.1. The summed E-state index contributed by atoms with van der Waals surface area (Å²) in [6, 6.07) is 17.7. The van der Waals surface area contributed by atoms with Crippen LogP contribution in [0.25, 0.3) is 6.08 Å². The van der Waals surface area contributed by atoms with Gasteiger partial charge < -0.3 is 20.1 Å². The van der Waals surface area contributed by atoms with E-state index in [1.54, 1.807) is 48.5 Å². The van der Waals surface area contributed by atoms with Gasteiger partial charge in [-0.05, 0) is 48.9 Å². The van der Waals surface area contributed by atoms with E-state index in [0.29, 0.717) is 28.3 Å². The Morgan fingerprint density at radius 2 is 1.81 bits per heavy atom. The van der Waals surface area contributed by atoms with Gasteiger partial charge in [0.1, 0.15) is 24.7 Å². The lowest BCUT2D eigenvalue weighted by molar-refractivity contribution is -0.127. The molecule has 1 aliphatic rings. The highest BCUT2D eigenvalue weighted by Gasteiger charge is 2.35. The highest BCUT2D eigenvalue weighted by atomic mass is 19.1. The Hall–Kier alpha value is -4.66. The molecule has 0 bridgehead atoms. The monoisotopic (exact) mass is 489 g/mol. The molecule has 0 radical (unpaired) electrons. The second-order valence-electron chi connectivity index (χ2n) is 8.08. The summed E-state index contributed by atoms with van der Waals surface area (Å²) in [7, 11) is 1.46. The Morgan fingerprint density at radius 1 is 1.06 bits per heavy atom. The minimum Gasteiger partial charge on any atom is -0.493 e. The molecule has 184 valence electrons. The van der Waals surface area contributed by atoms with E-state index in [4.69, 9.17) is 9.47 Å². The number of carbonyl (C=O) groups excluding carboxylic acids is 3. The molecule has 0 unspecified atom stereocenters. The van der Waals surface area contributed by atoms with Gasteiger partial charge >= 0.3 is 6.03 Å². The molecule has 0 saturated carbocycles. The van der Waals surface area contributed by atoms with Crippen LogP contribution in [0.5, 0.6) is 11.5 Å². The molecule has 3 aromatic carbocycles. The normalized spacial score (nSPS) is 14.1. The fourth-order valence-electron chi connectivity index (χ4n) is 3.53. The zero-order valence-electron chi connectivity index (χ0n) is 19.7. The Kier molecular flexibility index (Phi) is 7.29. The van der Waals surface area contributed by atoms with Crippen LogP contribution in [-0.4, -0.2) is 36.4 Å². The number of nitrogens with one attached hydrogen (secondary N) is 2. The average Bonchev–Trinajstić information content (AvgIpc) is 3.12. The van der Waals surface area contributed by atoms with Crippen LogP contribution in [0.4, 0.5) is 14.9 Å². The first-order valence-electron chi connectivity index (χ1n) is 11.1. The number of hydrogen-bond donors (Lipinski definition) is 2. The summed E-state index contributed by atoms with van der Waals surface area (Å²) < 4.78 is 24.9. The number of methoxy groups -OCH3 is 1. The van der Waals surface area contributed by atoms with Gasteiger partial charge in [0.2, 0.25) is 5.91 Å². The summed E-state index contributed by atoms with van der Waals surface area (Å²) in [6.07, 6.45) is 1.47. The number of benzene rings is 3. The van der Waals surface area contributed by atoms with Gasteiger partial charge in [-0.1, -0.05) is 42.0 Å². The van der Waals surface area contributed by atoms with E-state index < -0.39 is 24.4 Å². The number of ether oxygens (including phenoxy) is 2. The Bertz CT molecular complexity index is 1340. The smallest absolute Gasteiger partial charge is 0.329 e. The first-order chi connectivity index (χ1) is 17.3. The van der Waals surface area contributed by atoms with Gasteiger partial charge in [-0.3, -0.25) is 9.59 Å². The summed E-state index contributed by atoms with van der Waals surface area (Å²) in [5.74, 6) is -0.740. The molecular weight excluding hydrogens is 465 g/mol. The van der Waals surface area contributed by atoms with Crippen molar-refractivity contribution in [3.63, 3.8) is 0 Å². The van der Waals surface area contributed by atoms with Crippen LogP contribution in [0.3, 0.4) is 0 Å². The lowest BCUT2D eigenvalue weighted by Crippen LogP contribution is -2.38. The van der Waals surface area contributed by atoms with E-state index in [1.165, 1.54) is 19.3 Å². The molecule has 36 heavy (non-hydrogen) atoms. The first kappa shape index (κ1) is 24.5. The van der Waals surface area contributed by atoms with Gasteiger partial charge in [-0.15, -0.1) is 0 Å². The Morgan fingerprint density at radius 3 is 2.53 bits per heavy atom. The van der Waals surface area contributed by atoms with Crippen molar-refractivity contribution in [2.75, 3.05) is 19.0 Å². The second kappa shape index (κ2) is 10.7. The highest BCUT2D eigenvalue weighted by molar-refractivity contribution is 6.15. The average molecular weight is 490 g/mol. The summed E-state index contributed by atoms with van der Waals surface area (Å²) in [5, 5.41) is 5.15. The molecule has 0 aromatic heterocycles. The lowest BCUT2D eigenvalue weighted by Gasteiger charge is -2.12. The summed E-state index contributed by atoms with van der Waals surface area (Å²) >= 11 is 0. The number of anilines is 1. The van der Waals surface area contributed by atoms with Crippen molar-refractivity contribution in [1.29, 1.82) is 0 Å². The van der Waals surface area contributed by atoms with E-state index >= 15 is 0 Å². The third-order valence-corrected chi connectivity index (χ3v) is 5.44. The largest absolute Gasteiger partial charge is 0.493 e. The maximum Gasteiger partial charge on any atom is 0.329 e. The van der Waals surface area contributed by atoms with Crippen LogP contribution >= 0.6 is 0 Å². The number of rotatable bonds is 8. The third kappa shape index (κ3) is 5.69. The molecule has 1 saturated heterocycles. The van der Waals surface area contributed by atoms with Crippen molar-refractivity contribution in [2.45, 2.75) is 13.5 Å². The van der Waals surface area contributed by atoms with Crippen LogP contribution in [0.2, 0.25) is 0 Å². The summed E-state index contributed by atoms with van der Waals surface area (Å²) in [5.41, 5.74) is 2.58. The van der Waals surface area contributed by atoms with E-state index in [0.717, 1.165) is 10.5 Å². The number of urea groups is 1. The number of aryl methyl sites for hydroxylation is 1. The third-order valence-electron chi connectivity index (χ3n) is 5.44. The minimum absolute atomic E-state index is 0.0115. The molecule has 3 aromatic rings. The van der Waals surface area contributed by atoms with Crippen LogP contribution in [0.15, 0.2) is 72.4 Å². The number of halogens is 1. The van der Waals surface area contributed by atoms with Crippen molar-refractivity contribution in [3.8, 4) is 11.5 Å². The number of imide groups is 1. The lowest BCUT2D eigenvalue weighted by atomic mass is 10.1. The van der Waals surface area contributed by atoms with Crippen LogP contribution in [0, 0.1) is 12.7 Å². The highest BCUT2D eigenvalue weighted by Crippen LogP contribution is 2.30. The number of hydrogen-bond acceptors (Lipinski definition) is 5. The van der Waals surface area contributed by atoms with Gasteiger partial charge in [0.05, 0.1) is 7.11 Å². The number of nitrogens with zero attached hydrogens (tertiary/aromatic N) is 1. The predicted molar refractivity (Wildman–Crippen MR) is 132 cm³/mol. The van der Waals surface area contributed by atoms with Crippen LogP contribution in [-0.2, 0) is 16.2 Å². The molecule has 1 fully saturated rings. The van der Waals surface area contributed by atoms with Gasteiger partial charge in [0.25, 0.3) is 5.91 Å². The molecule has 2 N–H and O–H groups in total. The molecule has 4 rings (SSSR count). The maximum absolute atomic E-state index is 13.9. The zero-order valence-corrected chi connectivity index (χ0v) is 19.7. The van der Waals surface area contributed by atoms with E-state index in [-0.39, 0.29) is 18.1 Å². The van der Waals surface area contributed by atoms with Gasteiger partial charge in [0.15, 0.2) is 11.5 Å². The fraction of sp³-hybridized carbons (Fsp3) is 0.148. The molecule has 0 atom stereocenters. The molecule has 9 heteroatoms. The number of amides is 4.